The van der Waals surface area contributed by atoms with Crippen LogP contribution in [0.15, 0.2) is 11.6 Å². The highest BCUT2D eigenvalue weighted by molar-refractivity contribution is 5.25. The number of aliphatic hydroxyl groups is 2. The molecule has 4 aliphatic rings. The first kappa shape index (κ1) is 11.2. The summed E-state index contributed by atoms with van der Waals surface area (Å²) in [6, 6.07) is 0. The van der Waals surface area contributed by atoms with E-state index in [-0.39, 0.29) is 17.4 Å². The maximum atomic E-state index is 10.7. The van der Waals surface area contributed by atoms with E-state index in [2.05, 4.69) is 13.0 Å². The second kappa shape index (κ2) is 4.58. The second-order valence-corrected chi connectivity index (χ2v) is 8.34. The van der Waals surface area contributed by atoms with Gasteiger partial charge in [-0.3, -0.25) is 0 Å². The fourth-order valence-corrected chi connectivity index (χ4v) is 6.04. The molecule has 2 heteroatoms. The second-order valence-electron chi connectivity index (χ2n) is 8.34. The molecule has 0 unspecified atom stereocenters. The van der Waals surface area contributed by atoms with E-state index in [4.69, 9.17) is 4.11 Å². The predicted molar refractivity (Wildman–Crippen MR) is 83.7 cm³/mol. The molecule has 0 bridgehead atoms. The molecule has 0 amide bonds. The van der Waals surface area contributed by atoms with Gasteiger partial charge in [0.25, 0.3) is 0 Å². The van der Waals surface area contributed by atoms with E-state index < -0.39 is 17.9 Å². The summed E-state index contributed by atoms with van der Waals surface area (Å²) in [6.07, 6.45) is 3.78. The van der Waals surface area contributed by atoms with Crippen LogP contribution in [0.4, 0.5) is 0 Å². The molecule has 0 aromatic carbocycles. The Hall–Kier alpha value is -0.340. The monoisotopic (exact) mass is 293 g/mol. The number of aliphatic hydroxyl groups excluding tert-OH is 1. The van der Waals surface area contributed by atoms with Crippen LogP contribution < -0.4 is 0 Å². The molecule has 0 aromatic rings. The van der Waals surface area contributed by atoms with E-state index in [1.54, 1.807) is 0 Å². The number of hydrogen-bond acceptors (Lipinski definition) is 2. The van der Waals surface area contributed by atoms with Crippen LogP contribution in [0, 0.1) is 28.6 Å². The Kier molecular flexibility index (Phi) is 2.45. The third-order valence-electron chi connectivity index (χ3n) is 7.50. The SMILES string of the molecule is [2H]C1([2H])C[C@H]2[C@@H]3CC=C4C[C@@H](O)CC[C@]4(C)[C@H]3CC[C@]2(C)[C@@]1([2H])O. The third-order valence-corrected chi connectivity index (χ3v) is 7.50. The van der Waals surface area contributed by atoms with E-state index in [1.807, 2.05) is 6.92 Å². The summed E-state index contributed by atoms with van der Waals surface area (Å²) < 4.78 is 24.9. The van der Waals surface area contributed by atoms with Crippen molar-refractivity contribution in [2.24, 2.45) is 28.6 Å². The maximum Gasteiger partial charge on any atom is 0.0606 e. The number of allylic oxidation sites excluding steroid dienone is 1. The predicted octanol–water partition coefficient (Wildman–Crippen LogP) is 3.67. The van der Waals surface area contributed by atoms with Crippen molar-refractivity contribution in [3.8, 4) is 0 Å². The Bertz CT molecular complexity index is 587. The van der Waals surface area contributed by atoms with Crippen LogP contribution in [0.25, 0.3) is 0 Å². The van der Waals surface area contributed by atoms with E-state index in [1.165, 1.54) is 5.57 Å². The van der Waals surface area contributed by atoms with Crippen LogP contribution in [-0.4, -0.2) is 22.4 Å². The lowest BCUT2D eigenvalue weighted by atomic mass is 9.48. The van der Waals surface area contributed by atoms with Gasteiger partial charge in [0.2, 0.25) is 0 Å². The molecule has 0 radical (unpaired) electrons. The normalized spacial score (nSPS) is 64.2. The van der Waals surface area contributed by atoms with Gasteiger partial charge in [0, 0.05) is 2.74 Å². The van der Waals surface area contributed by atoms with E-state index in [9.17, 15) is 10.2 Å². The van der Waals surface area contributed by atoms with Crippen LogP contribution in [0.1, 0.15) is 69.3 Å². The summed E-state index contributed by atoms with van der Waals surface area (Å²) in [7, 11) is 0. The van der Waals surface area contributed by atoms with Gasteiger partial charge >= 0.3 is 0 Å². The molecule has 0 aliphatic heterocycles. The first-order chi connectivity index (χ1) is 11.0. The molecule has 2 nitrogen and oxygen atoms in total. The van der Waals surface area contributed by atoms with Crippen molar-refractivity contribution in [2.45, 2.75) is 77.4 Å². The van der Waals surface area contributed by atoms with Gasteiger partial charge in [0.05, 0.1) is 13.6 Å². The van der Waals surface area contributed by atoms with Crippen molar-refractivity contribution < 1.29 is 14.3 Å². The quantitative estimate of drug-likeness (QED) is 0.669. The zero-order chi connectivity index (χ0) is 17.5. The van der Waals surface area contributed by atoms with Gasteiger partial charge in [-0.2, -0.15) is 0 Å². The summed E-state index contributed by atoms with van der Waals surface area (Å²) in [5.74, 6) is 0.908. The van der Waals surface area contributed by atoms with Gasteiger partial charge in [-0.25, -0.2) is 0 Å². The van der Waals surface area contributed by atoms with Crippen molar-refractivity contribution in [3.05, 3.63) is 11.6 Å². The van der Waals surface area contributed by atoms with Gasteiger partial charge in [-0.1, -0.05) is 25.5 Å². The fraction of sp³-hybridized carbons (Fsp3) is 0.895. The van der Waals surface area contributed by atoms with Crippen LogP contribution in [0.2, 0.25) is 0 Å². The minimum absolute atomic E-state index is 0.0650. The molecule has 0 spiro atoms. The van der Waals surface area contributed by atoms with Crippen LogP contribution in [0.5, 0.6) is 0 Å². The van der Waals surface area contributed by atoms with Crippen molar-refractivity contribution in [1.82, 2.24) is 0 Å². The Labute approximate surface area is 132 Å². The summed E-state index contributed by atoms with van der Waals surface area (Å²) in [6.45, 7) is 4.28. The van der Waals surface area contributed by atoms with E-state index in [0.29, 0.717) is 18.3 Å². The first-order valence-corrected chi connectivity index (χ1v) is 8.63. The molecule has 7 atom stereocenters. The molecule has 2 N–H and O–H groups in total. The zero-order valence-electron chi connectivity index (χ0n) is 16.2. The fourth-order valence-electron chi connectivity index (χ4n) is 6.04. The highest BCUT2D eigenvalue weighted by Crippen LogP contribution is 2.64. The minimum atomic E-state index is -2.00. The Morgan fingerprint density at radius 2 is 2.00 bits per heavy atom. The van der Waals surface area contributed by atoms with Gasteiger partial charge in [-0.15, -0.1) is 0 Å². The van der Waals surface area contributed by atoms with Crippen LogP contribution in [-0.2, 0) is 0 Å². The number of hydrogen-bond donors (Lipinski definition) is 2. The summed E-state index contributed by atoms with van der Waals surface area (Å²) in [5, 5.41) is 20.8. The number of rotatable bonds is 0. The largest absolute Gasteiger partial charge is 0.393 e. The molecule has 0 aromatic heterocycles. The Morgan fingerprint density at radius 1 is 1.19 bits per heavy atom. The number of fused-ring (bicyclic) bond motifs is 5. The van der Waals surface area contributed by atoms with E-state index in [0.717, 1.165) is 38.5 Å². The third kappa shape index (κ3) is 1.84. The summed E-state index contributed by atoms with van der Waals surface area (Å²) in [5.41, 5.74) is 0.847. The van der Waals surface area contributed by atoms with Crippen molar-refractivity contribution in [2.75, 3.05) is 0 Å². The van der Waals surface area contributed by atoms with Crippen LogP contribution in [0.3, 0.4) is 0 Å². The zero-order valence-corrected chi connectivity index (χ0v) is 13.2. The molecule has 118 valence electrons. The Morgan fingerprint density at radius 3 is 2.81 bits per heavy atom. The standard InChI is InChI=1S/C19H30O2/c1-18-9-7-13(20)11-12(18)3-4-14-15-5-6-17(21)19(15,2)10-8-16(14)18/h3,13-17,20-21H,4-11H2,1-2H3/t13-,14-,15-,16-,17-,18-,19-/m0/s1/i6D2,17D. The topological polar surface area (TPSA) is 40.5 Å². The molecule has 0 saturated heterocycles. The van der Waals surface area contributed by atoms with Crippen molar-refractivity contribution >= 4 is 0 Å². The van der Waals surface area contributed by atoms with Gasteiger partial charge < -0.3 is 10.2 Å². The van der Waals surface area contributed by atoms with Crippen molar-refractivity contribution in [3.63, 3.8) is 0 Å². The molecule has 0 heterocycles. The molecule has 3 saturated carbocycles. The smallest absolute Gasteiger partial charge is 0.0606 e. The van der Waals surface area contributed by atoms with Crippen molar-refractivity contribution in [1.29, 1.82) is 0 Å². The molecular weight excluding hydrogens is 260 g/mol. The van der Waals surface area contributed by atoms with E-state index >= 15 is 0 Å². The summed E-state index contributed by atoms with van der Waals surface area (Å²) in [4.78, 5) is 0. The molecule has 4 rings (SSSR count). The summed E-state index contributed by atoms with van der Waals surface area (Å²) >= 11 is 0. The van der Waals surface area contributed by atoms with Gasteiger partial charge in [-0.05, 0) is 79.9 Å². The average molecular weight is 293 g/mol. The molecule has 3 fully saturated rings. The minimum Gasteiger partial charge on any atom is -0.393 e. The molecule has 4 aliphatic carbocycles. The lowest BCUT2D eigenvalue weighted by molar-refractivity contribution is -0.0711. The van der Waals surface area contributed by atoms with Gasteiger partial charge in [0.15, 0.2) is 0 Å². The highest BCUT2D eigenvalue weighted by atomic mass is 16.3. The molecular formula is C19H30O2. The average Bonchev–Trinajstić information content (AvgIpc) is 2.64. The van der Waals surface area contributed by atoms with Gasteiger partial charge in [0.1, 0.15) is 0 Å². The maximum absolute atomic E-state index is 10.7. The molecule has 21 heavy (non-hydrogen) atoms. The lowest BCUT2D eigenvalue weighted by Crippen LogP contribution is -2.51. The lowest BCUT2D eigenvalue weighted by Gasteiger charge is -2.57. The Balaban J connectivity index is 1.72. The highest BCUT2D eigenvalue weighted by Gasteiger charge is 2.58. The van der Waals surface area contributed by atoms with Crippen LogP contribution >= 0.6 is 0 Å². The first-order valence-electron chi connectivity index (χ1n) is 10.1.